The lowest BCUT2D eigenvalue weighted by Gasteiger charge is -2.27. The van der Waals surface area contributed by atoms with Gasteiger partial charge in [-0.3, -0.25) is 0 Å². The molecule has 1 heterocycles. The summed E-state index contributed by atoms with van der Waals surface area (Å²) in [4.78, 5) is 0.146. The number of hydrogen-bond donors (Lipinski definition) is 0. The Morgan fingerprint density at radius 3 is 2.38 bits per heavy atom. The van der Waals surface area contributed by atoms with Gasteiger partial charge in [-0.2, -0.15) is 4.31 Å². The fourth-order valence-electron chi connectivity index (χ4n) is 2.93. The first-order valence-corrected chi connectivity index (χ1v) is 12.1. The number of sulfone groups is 1. The molecule has 0 spiro atoms. The highest BCUT2D eigenvalue weighted by molar-refractivity contribution is 7.92. The summed E-state index contributed by atoms with van der Waals surface area (Å²) in [6, 6.07) is 5.71. The molecule has 2 rings (SSSR count). The van der Waals surface area contributed by atoms with Gasteiger partial charge in [-0.1, -0.05) is 6.92 Å². The van der Waals surface area contributed by atoms with Crippen LogP contribution in [0.15, 0.2) is 29.2 Å². The first-order valence-electron chi connectivity index (χ1n) is 8.83. The lowest BCUT2D eigenvalue weighted by atomic mass is 10.2. The van der Waals surface area contributed by atoms with Crippen molar-refractivity contribution in [1.29, 1.82) is 0 Å². The van der Waals surface area contributed by atoms with Crippen molar-refractivity contribution in [3.8, 4) is 5.75 Å². The molecule has 0 aromatic heterocycles. The molecule has 0 N–H and O–H groups in total. The number of sulfonamides is 1. The van der Waals surface area contributed by atoms with Crippen LogP contribution in [0.5, 0.6) is 5.75 Å². The number of nitrogens with zero attached hydrogens (tertiary/aromatic N) is 1. The predicted octanol–water partition coefficient (Wildman–Crippen LogP) is 1.69. The summed E-state index contributed by atoms with van der Waals surface area (Å²) in [5.41, 5.74) is 0. The van der Waals surface area contributed by atoms with Crippen LogP contribution in [0.1, 0.15) is 26.7 Å². The van der Waals surface area contributed by atoms with Gasteiger partial charge in [-0.25, -0.2) is 16.8 Å². The maximum Gasteiger partial charge on any atom is 0.243 e. The second kappa shape index (κ2) is 9.16. The van der Waals surface area contributed by atoms with E-state index in [0.29, 0.717) is 45.0 Å². The van der Waals surface area contributed by atoms with E-state index in [1.54, 1.807) is 12.1 Å². The second-order valence-corrected chi connectivity index (χ2v) is 10.3. The number of benzene rings is 1. The van der Waals surface area contributed by atoms with E-state index < -0.39 is 25.9 Å². The van der Waals surface area contributed by atoms with Gasteiger partial charge in [-0.15, -0.1) is 0 Å². The fourth-order valence-corrected chi connectivity index (χ4v) is 6.50. The van der Waals surface area contributed by atoms with E-state index in [4.69, 9.17) is 9.47 Å². The summed E-state index contributed by atoms with van der Waals surface area (Å²) in [5.74, 6) is 0.499. The monoisotopic (exact) mass is 405 g/mol. The third kappa shape index (κ3) is 5.42. The lowest BCUT2D eigenvalue weighted by molar-refractivity contribution is 0.110. The van der Waals surface area contributed by atoms with Gasteiger partial charge in [0.05, 0.1) is 23.0 Å². The molecule has 9 heteroatoms. The molecule has 0 bridgehead atoms. The number of rotatable bonds is 10. The quantitative estimate of drug-likeness (QED) is 0.550. The van der Waals surface area contributed by atoms with Gasteiger partial charge in [-0.05, 0) is 44.0 Å². The molecule has 1 atom stereocenters. The minimum absolute atomic E-state index is 0.0417. The van der Waals surface area contributed by atoms with E-state index in [0.717, 1.165) is 0 Å². The van der Waals surface area contributed by atoms with Crippen LogP contribution in [0.3, 0.4) is 0 Å². The largest absolute Gasteiger partial charge is 0.491 e. The van der Waals surface area contributed by atoms with Gasteiger partial charge < -0.3 is 9.47 Å². The molecule has 7 nitrogen and oxygen atoms in total. The minimum Gasteiger partial charge on any atom is -0.491 e. The molecule has 1 aliphatic rings. The molecular formula is C17H27NO6S2. The third-order valence-corrected chi connectivity index (χ3v) is 7.91. The van der Waals surface area contributed by atoms with E-state index in [1.165, 1.54) is 16.4 Å². The predicted molar refractivity (Wildman–Crippen MR) is 99.7 cm³/mol. The maximum atomic E-state index is 13.0. The van der Waals surface area contributed by atoms with Crippen molar-refractivity contribution < 1.29 is 26.3 Å². The van der Waals surface area contributed by atoms with E-state index in [-0.39, 0.29) is 16.4 Å². The number of ether oxygens (including phenoxy) is 2. The second-order valence-electron chi connectivity index (χ2n) is 6.19. The first kappa shape index (κ1) is 21.1. The van der Waals surface area contributed by atoms with Crippen LogP contribution in [0.2, 0.25) is 0 Å². The molecule has 26 heavy (non-hydrogen) atoms. The van der Waals surface area contributed by atoms with Crippen molar-refractivity contribution in [3.05, 3.63) is 24.3 Å². The molecular weight excluding hydrogens is 378 g/mol. The van der Waals surface area contributed by atoms with E-state index >= 15 is 0 Å². The minimum atomic E-state index is -3.75. The average molecular weight is 406 g/mol. The molecule has 0 amide bonds. The fraction of sp³-hybridized carbons (Fsp3) is 0.647. The normalized spacial score (nSPS) is 19.7. The van der Waals surface area contributed by atoms with Crippen molar-refractivity contribution in [2.45, 2.75) is 37.6 Å². The molecule has 1 saturated heterocycles. The Morgan fingerprint density at radius 2 is 1.85 bits per heavy atom. The molecule has 1 aromatic carbocycles. The molecule has 1 aromatic rings. The lowest BCUT2D eigenvalue weighted by Crippen LogP contribution is -2.41. The SMILES string of the molecule is CCCN(C1CCS(=O)(=O)C1)S(=O)(=O)c1ccc(OCCOCC)cc1. The molecule has 0 saturated carbocycles. The van der Waals surface area contributed by atoms with Gasteiger partial charge in [0.25, 0.3) is 0 Å². The molecule has 0 aliphatic carbocycles. The van der Waals surface area contributed by atoms with Crippen molar-refractivity contribution in [2.75, 3.05) is 37.9 Å². The molecule has 1 fully saturated rings. The Labute approximate surface area is 156 Å². The Hall–Kier alpha value is -1.16. The molecule has 0 radical (unpaired) electrons. The summed E-state index contributed by atoms with van der Waals surface area (Å²) >= 11 is 0. The zero-order valence-electron chi connectivity index (χ0n) is 15.3. The van der Waals surface area contributed by atoms with Crippen LogP contribution >= 0.6 is 0 Å². The van der Waals surface area contributed by atoms with E-state index in [1.807, 2.05) is 13.8 Å². The van der Waals surface area contributed by atoms with Crippen molar-refractivity contribution in [2.24, 2.45) is 0 Å². The van der Waals surface area contributed by atoms with Gasteiger partial charge in [0.15, 0.2) is 9.84 Å². The summed E-state index contributed by atoms with van der Waals surface area (Å²) < 4.78 is 61.5. The van der Waals surface area contributed by atoms with Gasteiger partial charge in [0, 0.05) is 19.2 Å². The maximum absolute atomic E-state index is 13.0. The molecule has 148 valence electrons. The topological polar surface area (TPSA) is 90.0 Å². The zero-order chi connectivity index (χ0) is 19.2. The van der Waals surface area contributed by atoms with Crippen LogP contribution in [-0.4, -0.2) is 65.1 Å². The highest BCUT2D eigenvalue weighted by Crippen LogP contribution is 2.26. The zero-order valence-corrected chi connectivity index (χ0v) is 16.9. The third-order valence-electron chi connectivity index (χ3n) is 4.19. The molecule has 1 aliphatic heterocycles. The Bertz CT molecular complexity index is 774. The van der Waals surface area contributed by atoms with Gasteiger partial charge in [0.1, 0.15) is 12.4 Å². The first-order chi connectivity index (χ1) is 12.3. The smallest absolute Gasteiger partial charge is 0.243 e. The van der Waals surface area contributed by atoms with Crippen molar-refractivity contribution >= 4 is 19.9 Å². The van der Waals surface area contributed by atoms with Crippen LogP contribution in [0.4, 0.5) is 0 Å². The average Bonchev–Trinajstić information content (AvgIpc) is 2.96. The summed E-state index contributed by atoms with van der Waals surface area (Å²) in [7, 11) is -6.92. The van der Waals surface area contributed by atoms with Crippen LogP contribution < -0.4 is 4.74 Å². The molecule has 1 unspecified atom stereocenters. The summed E-state index contributed by atoms with van der Waals surface area (Å²) in [6.07, 6.45) is 0.967. The standard InChI is InChI=1S/C17H27NO6S2/c1-3-10-18(15-9-13-25(19,20)14-15)26(21,22)17-7-5-16(6-8-17)24-12-11-23-4-2/h5-8,15H,3-4,9-14H2,1-2H3. The van der Waals surface area contributed by atoms with Gasteiger partial charge in [0.2, 0.25) is 10.0 Å². The Balaban J connectivity index is 2.13. The van der Waals surface area contributed by atoms with Crippen molar-refractivity contribution in [3.63, 3.8) is 0 Å². The van der Waals surface area contributed by atoms with Gasteiger partial charge >= 0.3 is 0 Å². The summed E-state index contributed by atoms with van der Waals surface area (Å²) in [6.45, 7) is 5.55. The van der Waals surface area contributed by atoms with Crippen LogP contribution in [0.25, 0.3) is 0 Å². The van der Waals surface area contributed by atoms with Crippen molar-refractivity contribution in [1.82, 2.24) is 4.31 Å². The van der Waals surface area contributed by atoms with Crippen LogP contribution in [0, 0.1) is 0 Å². The summed E-state index contributed by atoms with van der Waals surface area (Å²) in [5, 5.41) is 0. The van der Waals surface area contributed by atoms with Crippen LogP contribution in [-0.2, 0) is 24.6 Å². The van der Waals surface area contributed by atoms with E-state index in [9.17, 15) is 16.8 Å². The Kier molecular flexibility index (Phi) is 7.45. The highest BCUT2D eigenvalue weighted by Gasteiger charge is 2.38. The highest BCUT2D eigenvalue weighted by atomic mass is 32.2. The Morgan fingerprint density at radius 1 is 1.15 bits per heavy atom. The van der Waals surface area contributed by atoms with E-state index in [2.05, 4.69) is 0 Å². The number of hydrogen-bond acceptors (Lipinski definition) is 6.